The van der Waals surface area contributed by atoms with E-state index in [1.165, 1.54) is 32.8 Å². The minimum absolute atomic E-state index is 0.0720. The first-order chi connectivity index (χ1) is 13.9. The Bertz CT molecular complexity index is 543. The third-order valence-electron chi connectivity index (χ3n) is 5.55. The van der Waals surface area contributed by atoms with Crippen LogP contribution in [0.25, 0.3) is 0 Å². The number of carbonyl (C=O) groups excluding carboxylic acids is 2. The molecule has 0 aromatic carbocycles. The molecule has 0 saturated heterocycles. The molecular weight excluding hydrogens is 388 g/mol. The van der Waals surface area contributed by atoms with Crippen molar-refractivity contribution in [3.8, 4) is 0 Å². The summed E-state index contributed by atoms with van der Waals surface area (Å²) in [5.74, 6) is 0.423. The van der Waals surface area contributed by atoms with E-state index < -0.39 is 23.2 Å². The predicted molar refractivity (Wildman–Crippen MR) is 118 cm³/mol. The van der Waals surface area contributed by atoms with Crippen LogP contribution in [-0.2, 0) is 25.5 Å². The van der Waals surface area contributed by atoms with Crippen molar-refractivity contribution in [3.63, 3.8) is 0 Å². The highest BCUT2D eigenvalue weighted by molar-refractivity contribution is 7.90. The minimum atomic E-state index is -1.11. The van der Waals surface area contributed by atoms with Gasteiger partial charge in [0.15, 0.2) is 6.10 Å². The summed E-state index contributed by atoms with van der Waals surface area (Å²) in [6.07, 6.45) is 16.8. The molecule has 1 fully saturated rings. The number of rotatable bonds is 14. The molecule has 166 valence electrons. The van der Waals surface area contributed by atoms with Gasteiger partial charge in [0.25, 0.3) is 0 Å². The second-order valence-corrected chi connectivity index (χ2v) is 9.43. The van der Waals surface area contributed by atoms with Crippen LogP contribution in [0.15, 0.2) is 24.3 Å². The summed E-state index contributed by atoms with van der Waals surface area (Å²) in [6, 6.07) is 0. The molecule has 0 amide bonds. The third-order valence-corrected chi connectivity index (χ3v) is 6.45. The average molecular weight is 427 g/mol. The van der Waals surface area contributed by atoms with Gasteiger partial charge in [-0.05, 0) is 38.0 Å². The second kappa shape index (κ2) is 14.8. The van der Waals surface area contributed by atoms with E-state index >= 15 is 0 Å². The number of hydrogen-bond acceptors (Lipinski definition) is 5. The van der Waals surface area contributed by atoms with Gasteiger partial charge in [-0.2, -0.15) is 0 Å². The van der Waals surface area contributed by atoms with Gasteiger partial charge in [-0.1, -0.05) is 61.7 Å². The van der Waals surface area contributed by atoms with Gasteiger partial charge in [0.2, 0.25) is 0 Å². The van der Waals surface area contributed by atoms with Crippen molar-refractivity contribution in [1.29, 1.82) is 0 Å². The predicted octanol–water partition coefficient (Wildman–Crippen LogP) is 3.97. The van der Waals surface area contributed by atoms with Crippen molar-refractivity contribution in [3.05, 3.63) is 24.3 Å². The maximum atomic E-state index is 12.6. The van der Waals surface area contributed by atoms with Crippen molar-refractivity contribution >= 4 is 22.9 Å². The number of aliphatic hydroxyl groups is 1. The standard InChI is InChI=1S/C23H38O5S/c1-4-5-6-7-8-10-13-19-18(17-29(3)27)16-22(25)20(19)14-11-9-12-15-21(24)23(26)28-2/h9-11,13,18-21,24H,4-8,12,14-17H2,1-3H3/b11-9-,13-10+/t18-,19-,20+,21?,29?/m0/s1. The van der Waals surface area contributed by atoms with Gasteiger partial charge < -0.3 is 14.4 Å². The largest absolute Gasteiger partial charge is 0.617 e. The maximum Gasteiger partial charge on any atom is 0.334 e. The highest BCUT2D eigenvalue weighted by Crippen LogP contribution is 2.38. The summed E-state index contributed by atoms with van der Waals surface area (Å²) in [7, 11) is 1.25. The molecule has 0 bridgehead atoms. The van der Waals surface area contributed by atoms with Crippen LogP contribution >= 0.6 is 0 Å². The molecule has 29 heavy (non-hydrogen) atoms. The molecule has 0 heterocycles. The molecule has 1 N–H and O–H groups in total. The fourth-order valence-corrected chi connectivity index (χ4v) is 4.89. The molecule has 5 nitrogen and oxygen atoms in total. The fourth-order valence-electron chi connectivity index (χ4n) is 3.95. The quantitative estimate of drug-likeness (QED) is 0.196. The summed E-state index contributed by atoms with van der Waals surface area (Å²) in [5, 5.41) is 9.61. The van der Waals surface area contributed by atoms with Crippen LogP contribution in [0.3, 0.4) is 0 Å². The summed E-state index contributed by atoms with van der Waals surface area (Å²) in [5.41, 5.74) is 0. The molecule has 0 aromatic heterocycles. The van der Waals surface area contributed by atoms with Gasteiger partial charge in [0.05, 0.1) is 13.4 Å². The van der Waals surface area contributed by atoms with Crippen LogP contribution in [0, 0.1) is 17.8 Å². The number of unbranched alkanes of at least 4 members (excludes halogenated alkanes) is 4. The molecule has 5 atom stereocenters. The molecule has 0 aliphatic heterocycles. The smallest absolute Gasteiger partial charge is 0.334 e. The second-order valence-electron chi connectivity index (χ2n) is 7.96. The summed E-state index contributed by atoms with van der Waals surface area (Å²) in [6.45, 7) is 2.20. The van der Waals surface area contributed by atoms with E-state index in [0.29, 0.717) is 31.4 Å². The van der Waals surface area contributed by atoms with Crippen LogP contribution in [0.5, 0.6) is 0 Å². The summed E-state index contributed by atoms with van der Waals surface area (Å²) >= 11 is -0.913. The SMILES string of the molecule is CCCCCC/C=C/[C@H]1[C@H](C[S+](C)[O-])CC(=O)[C@@H]1C/C=C\CCC(O)C(=O)OC. The number of hydrogen-bond donors (Lipinski definition) is 1. The lowest BCUT2D eigenvalue weighted by atomic mass is 9.87. The Morgan fingerprint density at radius 2 is 2.03 bits per heavy atom. The molecule has 2 unspecified atom stereocenters. The lowest BCUT2D eigenvalue weighted by Crippen LogP contribution is -2.21. The lowest BCUT2D eigenvalue weighted by molar-refractivity contribution is -0.150. The van der Waals surface area contributed by atoms with Gasteiger partial charge in [0.1, 0.15) is 11.5 Å². The van der Waals surface area contributed by atoms with Gasteiger partial charge in [-0.25, -0.2) is 4.79 Å². The number of methoxy groups -OCH3 is 1. The Balaban J connectivity index is 2.60. The number of Topliss-reactive ketones (excluding diaryl/α,β-unsaturated/α-hetero) is 1. The highest BCUT2D eigenvalue weighted by atomic mass is 32.2. The van der Waals surface area contributed by atoms with Crippen LogP contribution < -0.4 is 0 Å². The average Bonchev–Trinajstić information content (AvgIpc) is 2.97. The Labute approximate surface area is 179 Å². The molecule has 0 aromatic rings. The van der Waals surface area contributed by atoms with Crippen LogP contribution in [0.1, 0.15) is 64.7 Å². The fraction of sp³-hybridized carbons (Fsp3) is 0.739. The Morgan fingerprint density at radius 3 is 2.69 bits per heavy atom. The van der Waals surface area contributed by atoms with Crippen molar-refractivity contribution in [2.24, 2.45) is 17.8 Å². The monoisotopic (exact) mass is 426 g/mol. The van der Waals surface area contributed by atoms with Gasteiger partial charge in [-0.15, -0.1) is 0 Å². The Morgan fingerprint density at radius 1 is 1.28 bits per heavy atom. The van der Waals surface area contributed by atoms with Crippen molar-refractivity contribution in [2.45, 2.75) is 70.8 Å². The summed E-state index contributed by atoms with van der Waals surface area (Å²) in [4.78, 5) is 23.8. The molecule has 0 radical (unpaired) electrons. The van der Waals surface area contributed by atoms with E-state index in [2.05, 4.69) is 23.8 Å². The molecule has 1 rings (SSSR count). The summed E-state index contributed by atoms with van der Waals surface area (Å²) < 4.78 is 16.2. The molecular formula is C23H38O5S. The van der Waals surface area contributed by atoms with E-state index in [1.54, 1.807) is 6.26 Å². The van der Waals surface area contributed by atoms with Crippen LogP contribution in [0.4, 0.5) is 0 Å². The van der Waals surface area contributed by atoms with E-state index in [-0.39, 0.29) is 23.5 Å². The Kier molecular flexibility index (Phi) is 13.2. The van der Waals surface area contributed by atoms with Crippen LogP contribution in [-0.4, -0.2) is 46.6 Å². The zero-order valence-corrected chi connectivity index (χ0v) is 19.0. The first kappa shape index (κ1) is 25.9. The maximum absolute atomic E-state index is 12.6. The van der Waals surface area contributed by atoms with Crippen molar-refractivity contribution < 1.29 is 24.0 Å². The molecule has 1 saturated carbocycles. The lowest BCUT2D eigenvalue weighted by Gasteiger charge is -2.20. The molecule has 1 aliphatic rings. The molecule has 1 aliphatic carbocycles. The zero-order valence-electron chi connectivity index (χ0n) is 18.2. The third kappa shape index (κ3) is 9.96. The number of esters is 1. The van der Waals surface area contributed by atoms with Gasteiger partial charge >= 0.3 is 5.97 Å². The zero-order chi connectivity index (χ0) is 21.6. The van der Waals surface area contributed by atoms with E-state index in [9.17, 15) is 19.2 Å². The van der Waals surface area contributed by atoms with Crippen LogP contribution in [0.2, 0.25) is 0 Å². The minimum Gasteiger partial charge on any atom is -0.617 e. The number of ketones is 1. The highest BCUT2D eigenvalue weighted by Gasteiger charge is 2.41. The topological polar surface area (TPSA) is 86.7 Å². The number of allylic oxidation sites excluding steroid dienone is 4. The van der Waals surface area contributed by atoms with E-state index in [0.717, 1.165) is 6.42 Å². The molecule has 6 heteroatoms. The Hall–Kier alpha value is -1.11. The molecule has 0 spiro atoms. The number of aliphatic hydroxyl groups excluding tert-OH is 1. The first-order valence-electron chi connectivity index (χ1n) is 10.8. The van der Waals surface area contributed by atoms with Crippen molar-refractivity contribution in [2.75, 3.05) is 19.1 Å². The number of ether oxygens (including phenoxy) is 1. The number of carbonyl (C=O) groups is 2. The normalized spacial score (nSPS) is 24.4. The van der Waals surface area contributed by atoms with Gasteiger partial charge in [-0.3, -0.25) is 4.79 Å². The van der Waals surface area contributed by atoms with E-state index in [1.807, 2.05) is 12.2 Å². The van der Waals surface area contributed by atoms with E-state index in [4.69, 9.17) is 0 Å². The first-order valence-corrected chi connectivity index (χ1v) is 12.5. The van der Waals surface area contributed by atoms with Gasteiger partial charge in [0, 0.05) is 18.3 Å². The van der Waals surface area contributed by atoms with Crippen molar-refractivity contribution in [1.82, 2.24) is 0 Å².